The first-order valence-corrected chi connectivity index (χ1v) is 14.1. The van der Waals surface area contributed by atoms with E-state index < -0.39 is 6.04 Å². The first-order valence-electron chi connectivity index (χ1n) is 12.7. The van der Waals surface area contributed by atoms with Crippen molar-refractivity contribution in [1.82, 2.24) is 10.2 Å². The first-order chi connectivity index (χ1) is 18.0. The van der Waals surface area contributed by atoms with E-state index in [-0.39, 0.29) is 30.6 Å². The van der Waals surface area contributed by atoms with Crippen LogP contribution in [0.25, 0.3) is 0 Å². The lowest BCUT2D eigenvalue weighted by Gasteiger charge is -2.32. The third kappa shape index (κ3) is 9.52. The van der Waals surface area contributed by atoms with Crippen molar-refractivity contribution in [3.8, 4) is 0 Å². The Bertz CT molecular complexity index is 1130. The Hall–Kier alpha value is -2.83. The topological polar surface area (TPSA) is 49.4 Å². The van der Waals surface area contributed by atoms with E-state index in [2.05, 4.69) is 12.2 Å². The van der Waals surface area contributed by atoms with E-state index in [1.807, 2.05) is 54.6 Å². The van der Waals surface area contributed by atoms with E-state index in [1.54, 1.807) is 34.9 Å². The molecule has 0 aliphatic heterocycles. The summed E-state index contributed by atoms with van der Waals surface area (Å²) >= 11 is 7.61. The molecule has 0 aliphatic carbocycles. The maximum Gasteiger partial charge on any atom is 0.243 e. The maximum absolute atomic E-state index is 14.6. The Balaban J connectivity index is 1.78. The van der Waals surface area contributed by atoms with E-state index in [9.17, 15) is 14.0 Å². The lowest BCUT2D eigenvalue weighted by atomic mass is 10.0. The Morgan fingerprint density at radius 1 is 0.973 bits per heavy atom. The molecule has 1 unspecified atom stereocenters. The summed E-state index contributed by atoms with van der Waals surface area (Å²) in [6.07, 6.45) is 3.07. The number of carbonyl (C=O) groups excluding carboxylic acids is 2. The Kier molecular flexibility index (Phi) is 12.0. The Morgan fingerprint density at radius 2 is 1.68 bits per heavy atom. The van der Waals surface area contributed by atoms with Crippen LogP contribution >= 0.6 is 23.4 Å². The van der Waals surface area contributed by atoms with Gasteiger partial charge >= 0.3 is 0 Å². The molecule has 196 valence electrons. The monoisotopic (exact) mass is 540 g/mol. The highest BCUT2D eigenvalue weighted by Gasteiger charge is 2.30. The van der Waals surface area contributed by atoms with E-state index in [0.29, 0.717) is 30.0 Å². The molecule has 7 heteroatoms. The van der Waals surface area contributed by atoms with Gasteiger partial charge in [-0.05, 0) is 54.5 Å². The number of unbranched alkanes of at least 4 members (excludes halogenated alkanes) is 1. The zero-order chi connectivity index (χ0) is 26.5. The largest absolute Gasteiger partial charge is 0.354 e. The van der Waals surface area contributed by atoms with E-state index in [0.717, 1.165) is 29.1 Å². The molecule has 1 atom stereocenters. The summed E-state index contributed by atoms with van der Waals surface area (Å²) in [5, 5.41) is 3.68. The molecule has 0 saturated carbocycles. The third-order valence-electron chi connectivity index (χ3n) is 6.02. The van der Waals surface area contributed by atoms with Crippen molar-refractivity contribution in [3.05, 3.63) is 101 Å². The van der Waals surface area contributed by atoms with Crippen molar-refractivity contribution in [2.24, 2.45) is 0 Å². The van der Waals surface area contributed by atoms with Crippen molar-refractivity contribution < 1.29 is 14.0 Å². The van der Waals surface area contributed by atoms with Crippen molar-refractivity contribution in [1.29, 1.82) is 0 Å². The fourth-order valence-electron chi connectivity index (χ4n) is 3.96. The summed E-state index contributed by atoms with van der Waals surface area (Å²) in [5.74, 6) is -0.0139. The van der Waals surface area contributed by atoms with Crippen molar-refractivity contribution in [3.63, 3.8) is 0 Å². The SMILES string of the molecule is CCCCNC(=O)C(Cc1ccccc1)N(Cc1ccccc1F)C(=O)CCCSc1ccc(Cl)cc1. The minimum atomic E-state index is -0.740. The van der Waals surface area contributed by atoms with Crippen LogP contribution in [-0.4, -0.2) is 35.1 Å². The van der Waals surface area contributed by atoms with Gasteiger partial charge in [-0.3, -0.25) is 9.59 Å². The molecule has 0 bridgehead atoms. The van der Waals surface area contributed by atoms with Gasteiger partial charge < -0.3 is 10.2 Å². The van der Waals surface area contributed by atoms with Crippen LogP contribution in [0.5, 0.6) is 0 Å². The molecule has 2 amide bonds. The Labute approximate surface area is 228 Å². The molecule has 3 aromatic carbocycles. The number of rotatable bonds is 14. The number of nitrogens with zero attached hydrogens (tertiary/aromatic N) is 1. The number of thioether (sulfide) groups is 1. The number of hydrogen-bond donors (Lipinski definition) is 1. The predicted octanol–water partition coefficient (Wildman–Crippen LogP) is 6.91. The predicted molar refractivity (Wildman–Crippen MR) is 150 cm³/mol. The van der Waals surface area contributed by atoms with E-state index in [4.69, 9.17) is 11.6 Å². The zero-order valence-corrected chi connectivity index (χ0v) is 22.7. The highest BCUT2D eigenvalue weighted by Crippen LogP contribution is 2.23. The maximum atomic E-state index is 14.6. The summed E-state index contributed by atoms with van der Waals surface area (Å²) in [6.45, 7) is 2.64. The first kappa shape index (κ1) is 28.7. The van der Waals surface area contributed by atoms with Crippen LogP contribution in [0.3, 0.4) is 0 Å². The molecule has 0 radical (unpaired) electrons. The lowest BCUT2D eigenvalue weighted by molar-refractivity contribution is -0.141. The van der Waals surface area contributed by atoms with Gasteiger partial charge in [-0.1, -0.05) is 73.5 Å². The van der Waals surface area contributed by atoms with Gasteiger partial charge in [0.1, 0.15) is 11.9 Å². The zero-order valence-electron chi connectivity index (χ0n) is 21.2. The normalized spacial score (nSPS) is 11.6. The molecule has 3 rings (SSSR count). The van der Waals surface area contributed by atoms with E-state index in [1.165, 1.54) is 6.07 Å². The minimum Gasteiger partial charge on any atom is -0.354 e. The van der Waals surface area contributed by atoms with Crippen molar-refractivity contribution in [2.75, 3.05) is 12.3 Å². The van der Waals surface area contributed by atoms with Crippen LogP contribution in [0, 0.1) is 5.82 Å². The molecule has 3 aromatic rings. The summed E-state index contributed by atoms with van der Waals surface area (Å²) < 4.78 is 14.6. The molecule has 0 heterocycles. The molecule has 0 saturated heterocycles. The molecule has 1 N–H and O–H groups in total. The van der Waals surface area contributed by atoms with Crippen LogP contribution in [0.15, 0.2) is 83.8 Å². The highest BCUT2D eigenvalue weighted by molar-refractivity contribution is 7.99. The van der Waals surface area contributed by atoms with Crippen LogP contribution in [0.4, 0.5) is 4.39 Å². The third-order valence-corrected chi connectivity index (χ3v) is 7.37. The highest BCUT2D eigenvalue weighted by atomic mass is 35.5. The fraction of sp³-hybridized carbons (Fsp3) is 0.333. The van der Waals surface area contributed by atoms with Crippen LogP contribution < -0.4 is 5.32 Å². The average molecular weight is 541 g/mol. The second-order valence-corrected chi connectivity index (χ2v) is 10.5. The van der Waals surface area contributed by atoms with Crippen LogP contribution in [0.1, 0.15) is 43.7 Å². The second-order valence-electron chi connectivity index (χ2n) is 8.87. The fourth-order valence-corrected chi connectivity index (χ4v) is 4.94. The number of halogens is 2. The summed E-state index contributed by atoms with van der Waals surface area (Å²) in [6, 6.07) is 22.9. The van der Waals surface area contributed by atoms with Gasteiger partial charge in [0.05, 0.1) is 0 Å². The molecule has 4 nitrogen and oxygen atoms in total. The van der Waals surface area contributed by atoms with Gasteiger partial charge in [0.15, 0.2) is 0 Å². The minimum absolute atomic E-state index is 0.0362. The lowest BCUT2D eigenvalue weighted by Crippen LogP contribution is -2.50. The quantitative estimate of drug-likeness (QED) is 0.178. The number of carbonyl (C=O) groups is 2. The standard InChI is InChI=1S/C30H34ClFN2O2S/c1-2-3-19-33-30(36)28(21-23-10-5-4-6-11-23)34(22-24-12-7-8-13-27(24)32)29(35)14-9-20-37-26-17-15-25(31)16-18-26/h4-8,10-13,15-18,28H,2-3,9,14,19-22H2,1H3,(H,33,36). The van der Waals surface area contributed by atoms with Crippen LogP contribution in [0.2, 0.25) is 5.02 Å². The molecule has 37 heavy (non-hydrogen) atoms. The van der Waals surface area contributed by atoms with Gasteiger partial charge in [0.25, 0.3) is 0 Å². The van der Waals surface area contributed by atoms with Crippen LogP contribution in [-0.2, 0) is 22.6 Å². The molecular weight excluding hydrogens is 507 g/mol. The van der Waals surface area contributed by atoms with Gasteiger partial charge in [0.2, 0.25) is 11.8 Å². The molecular formula is C30H34ClFN2O2S. The summed E-state index contributed by atoms with van der Waals surface area (Å²) in [7, 11) is 0. The van der Waals surface area contributed by atoms with Gasteiger partial charge in [-0.25, -0.2) is 4.39 Å². The summed E-state index contributed by atoms with van der Waals surface area (Å²) in [4.78, 5) is 29.6. The summed E-state index contributed by atoms with van der Waals surface area (Å²) in [5.41, 5.74) is 1.34. The molecule has 0 aliphatic rings. The molecule has 0 aromatic heterocycles. The smallest absolute Gasteiger partial charge is 0.243 e. The van der Waals surface area contributed by atoms with Gasteiger partial charge in [-0.15, -0.1) is 11.8 Å². The number of amides is 2. The number of benzene rings is 3. The molecule has 0 fully saturated rings. The number of nitrogens with one attached hydrogen (secondary N) is 1. The second kappa shape index (κ2) is 15.4. The number of hydrogen-bond acceptors (Lipinski definition) is 3. The molecule has 0 spiro atoms. The van der Waals surface area contributed by atoms with E-state index >= 15 is 0 Å². The van der Waals surface area contributed by atoms with Crippen molar-refractivity contribution >= 4 is 35.2 Å². The van der Waals surface area contributed by atoms with Gasteiger partial charge in [-0.2, -0.15) is 0 Å². The van der Waals surface area contributed by atoms with Gasteiger partial charge in [0, 0.05) is 41.4 Å². The average Bonchev–Trinajstić information content (AvgIpc) is 2.91. The van der Waals surface area contributed by atoms with Crippen molar-refractivity contribution in [2.45, 2.75) is 56.5 Å². The Morgan fingerprint density at radius 3 is 2.38 bits per heavy atom.